The lowest BCUT2D eigenvalue weighted by molar-refractivity contribution is -0.141. The number of carboxylic acids is 1. The number of para-hydroxylation sites is 1. The van der Waals surface area contributed by atoms with Gasteiger partial charge in [-0.3, -0.25) is 24.0 Å². The molecule has 0 spiro atoms. The number of carbonyl (C=O) groups is 5. The first-order valence-electron chi connectivity index (χ1n) is 14.9. The van der Waals surface area contributed by atoms with Crippen molar-refractivity contribution in [3.05, 3.63) is 94.3 Å². The van der Waals surface area contributed by atoms with E-state index in [0.717, 1.165) is 12.5 Å². The highest BCUT2D eigenvalue weighted by Crippen LogP contribution is 2.32. The minimum atomic E-state index is -1.68. The Kier molecular flexibility index (Phi) is 10.5. The van der Waals surface area contributed by atoms with Crippen LogP contribution in [0.4, 0.5) is 18.9 Å². The maximum Gasteiger partial charge on any atom is 0.305 e. The van der Waals surface area contributed by atoms with Crippen molar-refractivity contribution in [2.45, 2.75) is 58.4 Å². The van der Waals surface area contributed by atoms with Crippen molar-refractivity contribution in [2.75, 3.05) is 18.1 Å². The maximum atomic E-state index is 14.4. The van der Waals surface area contributed by atoms with Gasteiger partial charge in [-0.25, -0.2) is 8.78 Å². The second kappa shape index (κ2) is 14.2. The number of ketones is 2. The van der Waals surface area contributed by atoms with Crippen LogP contribution in [0.1, 0.15) is 49.4 Å². The van der Waals surface area contributed by atoms with E-state index in [1.807, 2.05) is 32.9 Å². The van der Waals surface area contributed by atoms with E-state index in [4.69, 9.17) is 4.74 Å². The molecule has 0 bridgehead atoms. The lowest BCUT2D eigenvalue weighted by atomic mass is 9.82. The number of aryl methyl sites for hydroxylation is 1. The molecule has 0 saturated carbocycles. The summed E-state index contributed by atoms with van der Waals surface area (Å²) in [5.74, 6) is -11.3. The summed E-state index contributed by atoms with van der Waals surface area (Å²) in [6.07, 6.45) is -0.946. The number of nitrogens with one attached hydrogen (secondary N) is 1. The van der Waals surface area contributed by atoms with Crippen LogP contribution in [-0.2, 0) is 42.2 Å². The molecule has 0 unspecified atom stereocenters. The number of aliphatic carboxylic acids is 1. The van der Waals surface area contributed by atoms with Gasteiger partial charge in [0.25, 0.3) is 5.91 Å². The summed E-state index contributed by atoms with van der Waals surface area (Å²) < 4.78 is 47.2. The van der Waals surface area contributed by atoms with Crippen LogP contribution in [-0.4, -0.2) is 53.7 Å². The topological polar surface area (TPSA) is 130 Å². The molecular formula is C35H35F3N2O7. The van der Waals surface area contributed by atoms with E-state index in [0.29, 0.717) is 22.9 Å². The van der Waals surface area contributed by atoms with Gasteiger partial charge in [-0.05, 0) is 53.1 Å². The number of carboxylic acid groups (broad SMARTS) is 1. The van der Waals surface area contributed by atoms with Gasteiger partial charge in [0.1, 0.15) is 12.6 Å². The molecule has 2 N–H and O–H groups in total. The molecule has 3 aromatic carbocycles. The third kappa shape index (κ3) is 8.05. The number of rotatable bonds is 11. The molecule has 2 amide bonds. The first-order chi connectivity index (χ1) is 22.1. The molecule has 248 valence electrons. The van der Waals surface area contributed by atoms with Gasteiger partial charge in [-0.15, -0.1) is 0 Å². The standard InChI is InChI=1S/C35H35F3N2O7/c1-19-13-24(36)31(38)32(30(19)37)47-18-28(42)25(16-29(43)44)39-33(45)22-14-21-10-6-8-12-26(21)40(17-22)34(46)27(41)15-20-9-5-7-11-23(20)35(2,3)4/h5-13,22,25H,14-18H2,1-4H3,(H,39,45)(H,43,44)/t22-,25+/m1/s1. The Balaban J connectivity index is 1.52. The molecule has 4 rings (SSSR count). The Bertz CT molecular complexity index is 1710. The van der Waals surface area contributed by atoms with E-state index in [9.17, 15) is 42.3 Å². The number of benzene rings is 3. The van der Waals surface area contributed by atoms with Gasteiger partial charge >= 0.3 is 5.97 Å². The molecule has 0 aromatic heterocycles. The predicted octanol–water partition coefficient (Wildman–Crippen LogP) is 4.63. The van der Waals surface area contributed by atoms with Crippen LogP contribution >= 0.6 is 0 Å². The molecular weight excluding hydrogens is 617 g/mol. The molecule has 1 aliphatic heterocycles. The molecule has 0 fully saturated rings. The third-order valence-electron chi connectivity index (χ3n) is 7.92. The number of nitrogens with zero attached hydrogens (tertiary/aromatic N) is 1. The van der Waals surface area contributed by atoms with Crippen molar-refractivity contribution >= 4 is 35.0 Å². The van der Waals surface area contributed by atoms with Crippen LogP contribution in [0.15, 0.2) is 54.6 Å². The molecule has 2 atom stereocenters. The van der Waals surface area contributed by atoms with Gasteiger partial charge in [0, 0.05) is 18.7 Å². The van der Waals surface area contributed by atoms with E-state index in [1.54, 1.807) is 36.4 Å². The fourth-order valence-corrected chi connectivity index (χ4v) is 5.55. The van der Waals surface area contributed by atoms with E-state index in [-0.39, 0.29) is 30.4 Å². The van der Waals surface area contributed by atoms with Crippen molar-refractivity contribution in [3.63, 3.8) is 0 Å². The monoisotopic (exact) mass is 652 g/mol. The summed E-state index contributed by atoms with van der Waals surface area (Å²) in [4.78, 5) is 66.1. The molecule has 9 nitrogen and oxygen atoms in total. The first kappa shape index (κ1) is 34.9. The van der Waals surface area contributed by atoms with Gasteiger partial charge < -0.3 is 20.1 Å². The summed E-state index contributed by atoms with van der Waals surface area (Å²) in [6.45, 7) is 5.84. The second-order valence-electron chi connectivity index (χ2n) is 12.5. The minimum absolute atomic E-state index is 0.107. The number of Topliss-reactive ketones (excluding diaryl/α,β-unsaturated/α-hetero) is 2. The summed E-state index contributed by atoms with van der Waals surface area (Å²) in [7, 11) is 0. The van der Waals surface area contributed by atoms with Crippen LogP contribution in [0.5, 0.6) is 5.75 Å². The zero-order chi connectivity index (χ0) is 34.6. The Labute approximate surface area is 269 Å². The van der Waals surface area contributed by atoms with Crippen molar-refractivity contribution < 1.29 is 47.0 Å². The fourth-order valence-electron chi connectivity index (χ4n) is 5.55. The van der Waals surface area contributed by atoms with Crippen molar-refractivity contribution in [1.29, 1.82) is 0 Å². The lowest BCUT2D eigenvalue weighted by Gasteiger charge is -2.34. The zero-order valence-electron chi connectivity index (χ0n) is 26.4. The first-order valence-corrected chi connectivity index (χ1v) is 14.9. The Hall–Kier alpha value is -5.00. The zero-order valence-corrected chi connectivity index (χ0v) is 26.4. The van der Waals surface area contributed by atoms with Gasteiger partial charge in [-0.2, -0.15) is 4.39 Å². The normalized spacial score (nSPS) is 15.0. The molecule has 0 radical (unpaired) electrons. The van der Waals surface area contributed by atoms with Crippen molar-refractivity contribution in [3.8, 4) is 5.75 Å². The number of ether oxygens (including phenoxy) is 1. The smallest absolute Gasteiger partial charge is 0.305 e. The summed E-state index contributed by atoms with van der Waals surface area (Å²) >= 11 is 0. The highest BCUT2D eigenvalue weighted by Gasteiger charge is 2.37. The number of hydrogen-bond donors (Lipinski definition) is 2. The van der Waals surface area contributed by atoms with Gasteiger partial charge in [-0.1, -0.05) is 63.2 Å². The molecule has 3 aromatic rings. The van der Waals surface area contributed by atoms with E-state index in [2.05, 4.69) is 5.32 Å². The quantitative estimate of drug-likeness (QED) is 0.228. The number of hydrogen-bond acceptors (Lipinski definition) is 6. The molecule has 0 saturated heterocycles. The number of fused-ring (bicyclic) bond motifs is 1. The minimum Gasteiger partial charge on any atom is -0.481 e. The summed E-state index contributed by atoms with van der Waals surface area (Å²) in [5, 5.41) is 11.8. The van der Waals surface area contributed by atoms with Crippen LogP contribution < -0.4 is 15.0 Å². The molecule has 1 aliphatic rings. The van der Waals surface area contributed by atoms with Crippen molar-refractivity contribution in [1.82, 2.24) is 5.32 Å². The highest BCUT2D eigenvalue weighted by molar-refractivity contribution is 6.42. The van der Waals surface area contributed by atoms with Gasteiger partial charge in [0.2, 0.25) is 17.5 Å². The van der Waals surface area contributed by atoms with Crippen molar-refractivity contribution in [2.24, 2.45) is 5.92 Å². The lowest BCUT2D eigenvalue weighted by Crippen LogP contribution is -2.52. The summed E-state index contributed by atoms with van der Waals surface area (Å²) in [6, 6.07) is 13.0. The number of anilines is 1. The van der Waals surface area contributed by atoms with E-state index in [1.165, 1.54) is 4.90 Å². The van der Waals surface area contributed by atoms with Crippen LogP contribution in [0.25, 0.3) is 0 Å². The third-order valence-corrected chi connectivity index (χ3v) is 7.92. The SMILES string of the molecule is Cc1cc(F)c(F)c(OCC(=O)[C@H](CC(=O)O)NC(=O)[C@@H]2Cc3ccccc3N(C(=O)C(=O)Cc3ccccc3C(C)(C)C)C2)c1F. The van der Waals surface area contributed by atoms with E-state index >= 15 is 0 Å². The van der Waals surface area contributed by atoms with Gasteiger partial charge in [0.15, 0.2) is 23.2 Å². The average Bonchev–Trinajstić information content (AvgIpc) is 3.02. The Morgan fingerprint density at radius 3 is 2.34 bits per heavy atom. The largest absolute Gasteiger partial charge is 0.481 e. The number of carbonyl (C=O) groups excluding carboxylic acids is 4. The van der Waals surface area contributed by atoms with Crippen LogP contribution in [0.2, 0.25) is 0 Å². The fraction of sp³-hybridized carbons (Fsp3) is 0.343. The summed E-state index contributed by atoms with van der Waals surface area (Å²) in [5.41, 5.74) is 2.06. The molecule has 12 heteroatoms. The Morgan fingerprint density at radius 2 is 1.66 bits per heavy atom. The average molecular weight is 653 g/mol. The van der Waals surface area contributed by atoms with Crippen LogP contribution in [0, 0.1) is 30.3 Å². The van der Waals surface area contributed by atoms with E-state index < -0.39 is 77.5 Å². The maximum absolute atomic E-state index is 14.4. The highest BCUT2D eigenvalue weighted by atomic mass is 19.2. The Morgan fingerprint density at radius 1 is 1.00 bits per heavy atom. The number of amides is 2. The molecule has 1 heterocycles. The molecule has 0 aliphatic carbocycles. The number of halogens is 3. The second-order valence-corrected chi connectivity index (χ2v) is 12.5. The predicted molar refractivity (Wildman–Crippen MR) is 166 cm³/mol. The van der Waals surface area contributed by atoms with Gasteiger partial charge in [0.05, 0.1) is 12.3 Å². The van der Waals surface area contributed by atoms with Crippen LogP contribution in [0.3, 0.4) is 0 Å². The molecule has 47 heavy (non-hydrogen) atoms.